The van der Waals surface area contributed by atoms with E-state index in [1.54, 1.807) is 7.11 Å². The highest BCUT2D eigenvalue weighted by Crippen LogP contribution is 2.36. The number of ether oxygens (including phenoxy) is 1. The fourth-order valence-electron chi connectivity index (χ4n) is 3.54. The second-order valence-electron chi connectivity index (χ2n) is 7.95. The first-order valence-electron chi connectivity index (χ1n) is 10.8. The van der Waals surface area contributed by atoms with Crippen molar-refractivity contribution in [3.8, 4) is 5.75 Å². The first-order valence-corrected chi connectivity index (χ1v) is 12.6. The molecule has 0 saturated heterocycles. The zero-order valence-corrected chi connectivity index (χ0v) is 20.0. The minimum atomic E-state index is 0.154. The van der Waals surface area contributed by atoms with Gasteiger partial charge in [0.15, 0.2) is 4.34 Å². The summed E-state index contributed by atoms with van der Waals surface area (Å²) in [5.74, 6) is 1.99. The molecule has 1 aromatic heterocycles. The number of anilines is 1. The van der Waals surface area contributed by atoms with Gasteiger partial charge in [-0.1, -0.05) is 65.6 Å². The van der Waals surface area contributed by atoms with Gasteiger partial charge in [0, 0.05) is 19.1 Å². The van der Waals surface area contributed by atoms with Crippen LogP contribution in [0.15, 0.2) is 58.9 Å². The van der Waals surface area contributed by atoms with Crippen LogP contribution in [0.4, 0.5) is 5.13 Å². The first-order chi connectivity index (χ1) is 15.6. The molecule has 3 aromatic rings. The highest BCUT2D eigenvalue weighted by Gasteiger charge is 2.34. The van der Waals surface area contributed by atoms with E-state index in [0.717, 1.165) is 20.8 Å². The molecule has 1 aliphatic rings. The number of methoxy groups -OCH3 is 1. The highest BCUT2D eigenvalue weighted by atomic mass is 32.2. The number of rotatable bonds is 11. The Morgan fingerprint density at radius 1 is 1.16 bits per heavy atom. The van der Waals surface area contributed by atoms with E-state index in [1.807, 2.05) is 47.4 Å². The number of aromatic nitrogens is 2. The Balaban J connectivity index is 1.30. The summed E-state index contributed by atoms with van der Waals surface area (Å²) in [4.78, 5) is 15.1. The highest BCUT2D eigenvalue weighted by molar-refractivity contribution is 8.01. The largest absolute Gasteiger partial charge is 0.497 e. The molecule has 6 nitrogen and oxygen atoms in total. The molecule has 4 rings (SSSR count). The van der Waals surface area contributed by atoms with E-state index >= 15 is 0 Å². The number of carbonyl (C=O) groups is 1. The second-order valence-corrected chi connectivity index (χ2v) is 10.1. The number of hydrogen-bond acceptors (Lipinski definition) is 7. The van der Waals surface area contributed by atoms with Crippen molar-refractivity contribution in [2.24, 2.45) is 5.92 Å². The van der Waals surface area contributed by atoms with Crippen LogP contribution in [0.3, 0.4) is 0 Å². The van der Waals surface area contributed by atoms with Crippen LogP contribution in [0.25, 0.3) is 0 Å². The van der Waals surface area contributed by atoms with Crippen molar-refractivity contribution in [2.45, 2.75) is 43.2 Å². The van der Waals surface area contributed by atoms with Crippen LogP contribution in [0, 0.1) is 5.92 Å². The van der Waals surface area contributed by atoms with Crippen LogP contribution < -0.4 is 10.1 Å². The van der Waals surface area contributed by atoms with E-state index in [0.29, 0.717) is 24.8 Å². The van der Waals surface area contributed by atoms with E-state index < -0.39 is 0 Å². The van der Waals surface area contributed by atoms with Gasteiger partial charge < -0.3 is 15.0 Å². The molecule has 0 spiro atoms. The van der Waals surface area contributed by atoms with Gasteiger partial charge >= 0.3 is 0 Å². The average Bonchev–Trinajstić information content (AvgIpc) is 3.59. The van der Waals surface area contributed by atoms with E-state index in [-0.39, 0.29) is 11.9 Å². The summed E-state index contributed by atoms with van der Waals surface area (Å²) in [5.41, 5.74) is 2.30. The lowest BCUT2D eigenvalue weighted by Gasteiger charge is -2.29. The molecular weight excluding hydrogens is 440 g/mol. The molecular formula is C24H28N4O2S2. The molecule has 1 aliphatic carbocycles. The molecule has 0 aliphatic heterocycles. The number of benzene rings is 2. The third-order valence-corrected chi connectivity index (χ3v) is 7.64. The Hall–Kier alpha value is -2.58. The molecule has 8 heteroatoms. The van der Waals surface area contributed by atoms with E-state index in [9.17, 15) is 4.79 Å². The Bertz CT molecular complexity index is 1010. The molecule has 1 unspecified atom stereocenters. The minimum Gasteiger partial charge on any atom is -0.497 e. The van der Waals surface area contributed by atoms with Crippen molar-refractivity contribution in [2.75, 3.05) is 18.2 Å². The molecule has 1 fully saturated rings. The summed E-state index contributed by atoms with van der Waals surface area (Å²) in [5, 5.41) is 12.5. The number of nitrogens with one attached hydrogen (secondary N) is 1. The van der Waals surface area contributed by atoms with E-state index in [1.165, 1.54) is 41.5 Å². The van der Waals surface area contributed by atoms with Gasteiger partial charge in [-0.25, -0.2) is 0 Å². The quantitative estimate of drug-likeness (QED) is 0.396. The van der Waals surface area contributed by atoms with Gasteiger partial charge in [-0.15, -0.1) is 10.2 Å². The van der Waals surface area contributed by atoms with Gasteiger partial charge in [0.25, 0.3) is 0 Å². The van der Waals surface area contributed by atoms with Crippen LogP contribution >= 0.6 is 23.1 Å². The molecule has 0 bridgehead atoms. The fourth-order valence-corrected chi connectivity index (χ4v) is 5.17. The van der Waals surface area contributed by atoms with Gasteiger partial charge in [0.05, 0.1) is 12.9 Å². The Morgan fingerprint density at radius 3 is 2.59 bits per heavy atom. The van der Waals surface area contributed by atoms with Crippen molar-refractivity contribution in [3.63, 3.8) is 0 Å². The van der Waals surface area contributed by atoms with Gasteiger partial charge in [0.2, 0.25) is 11.0 Å². The van der Waals surface area contributed by atoms with E-state index in [2.05, 4.69) is 34.6 Å². The maximum Gasteiger partial charge on any atom is 0.233 e. The van der Waals surface area contributed by atoms with Crippen LogP contribution in [0.5, 0.6) is 5.75 Å². The Morgan fingerprint density at radius 2 is 1.91 bits per heavy atom. The number of thioether (sulfide) groups is 1. The van der Waals surface area contributed by atoms with Crippen LogP contribution in [-0.2, 0) is 17.9 Å². The second kappa shape index (κ2) is 10.8. The summed E-state index contributed by atoms with van der Waals surface area (Å²) < 4.78 is 5.99. The smallest absolute Gasteiger partial charge is 0.233 e. The molecule has 1 atom stereocenters. The molecule has 168 valence electrons. The Kier molecular flexibility index (Phi) is 7.65. The summed E-state index contributed by atoms with van der Waals surface area (Å²) in [6.07, 6.45) is 2.43. The van der Waals surface area contributed by atoms with Crippen LogP contribution in [0.2, 0.25) is 0 Å². The fraction of sp³-hybridized carbons (Fsp3) is 0.375. The van der Waals surface area contributed by atoms with Crippen molar-refractivity contribution < 1.29 is 9.53 Å². The SMILES string of the molecule is COc1ccc(CNc2nnc(SCC(=O)N(Cc3ccccc3)C(C)C3CC3)s2)cc1. The van der Waals surface area contributed by atoms with Crippen LogP contribution in [-0.4, -0.2) is 39.9 Å². The third-order valence-electron chi connectivity index (χ3n) is 5.64. The van der Waals surface area contributed by atoms with E-state index in [4.69, 9.17) is 4.74 Å². The van der Waals surface area contributed by atoms with Crippen molar-refractivity contribution in [3.05, 3.63) is 65.7 Å². The maximum absolute atomic E-state index is 13.1. The molecule has 1 amide bonds. The number of carbonyl (C=O) groups excluding carboxylic acids is 1. The number of hydrogen-bond donors (Lipinski definition) is 1. The zero-order chi connectivity index (χ0) is 22.3. The molecule has 1 saturated carbocycles. The average molecular weight is 469 g/mol. The summed E-state index contributed by atoms with van der Waals surface area (Å²) in [7, 11) is 1.66. The predicted octanol–water partition coefficient (Wildman–Crippen LogP) is 5.08. The molecule has 1 heterocycles. The van der Waals surface area contributed by atoms with Gasteiger partial charge in [-0.05, 0) is 48.9 Å². The first kappa shape index (κ1) is 22.6. The predicted molar refractivity (Wildman–Crippen MR) is 130 cm³/mol. The minimum absolute atomic E-state index is 0.154. The molecule has 1 N–H and O–H groups in total. The standard InChI is InChI=1S/C24H28N4O2S2/c1-17(20-10-11-20)28(15-19-6-4-3-5-7-19)22(29)16-31-24-27-26-23(32-24)25-14-18-8-12-21(30-2)13-9-18/h3-9,12-13,17,20H,10-11,14-16H2,1-2H3,(H,25,26). The lowest BCUT2D eigenvalue weighted by Crippen LogP contribution is -2.40. The maximum atomic E-state index is 13.1. The molecule has 0 radical (unpaired) electrons. The monoisotopic (exact) mass is 468 g/mol. The summed E-state index contributed by atoms with van der Waals surface area (Å²) in [6.45, 7) is 3.49. The third kappa shape index (κ3) is 6.23. The Labute approximate surface area is 197 Å². The lowest BCUT2D eigenvalue weighted by molar-refractivity contribution is -0.131. The summed E-state index contributed by atoms with van der Waals surface area (Å²) in [6, 6.07) is 18.4. The molecule has 32 heavy (non-hydrogen) atoms. The lowest BCUT2D eigenvalue weighted by atomic mass is 10.1. The molecule has 2 aromatic carbocycles. The number of amides is 1. The van der Waals surface area contributed by atoms with Crippen molar-refractivity contribution in [1.29, 1.82) is 0 Å². The van der Waals surface area contributed by atoms with Crippen molar-refractivity contribution in [1.82, 2.24) is 15.1 Å². The topological polar surface area (TPSA) is 67.3 Å². The van der Waals surface area contributed by atoms with Crippen molar-refractivity contribution >= 4 is 34.1 Å². The number of nitrogens with zero attached hydrogens (tertiary/aromatic N) is 3. The zero-order valence-electron chi connectivity index (χ0n) is 18.4. The van der Waals surface area contributed by atoms with Gasteiger partial charge in [0.1, 0.15) is 5.75 Å². The normalized spacial score (nSPS) is 14.1. The van der Waals surface area contributed by atoms with Gasteiger partial charge in [-0.2, -0.15) is 0 Å². The van der Waals surface area contributed by atoms with Gasteiger partial charge in [-0.3, -0.25) is 4.79 Å². The summed E-state index contributed by atoms with van der Waals surface area (Å²) >= 11 is 2.94. The van der Waals surface area contributed by atoms with Crippen LogP contribution in [0.1, 0.15) is 30.9 Å².